The third kappa shape index (κ3) is 4.97. The molecule has 1 heterocycles. The molecule has 0 spiro atoms. The van der Waals surface area contributed by atoms with Crippen LogP contribution in [0.25, 0.3) is 0 Å². The molecule has 0 saturated carbocycles. The van der Waals surface area contributed by atoms with Crippen molar-refractivity contribution in [1.82, 2.24) is 20.4 Å². The maximum Gasteiger partial charge on any atom is 0.234 e. The number of ether oxygens (including phenoxy) is 1. The largest absolute Gasteiger partial charge is 0.383 e. The van der Waals surface area contributed by atoms with Crippen molar-refractivity contribution in [3.8, 4) is 0 Å². The number of rotatable bonds is 7. The summed E-state index contributed by atoms with van der Waals surface area (Å²) in [5, 5.41) is 10.0. The summed E-state index contributed by atoms with van der Waals surface area (Å²) in [5.74, 6) is -0.0269. The van der Waals surface area contributed by atoms with Crippen LogP contribution in [0.1, 0.15) is 11.4 Å². The van der Waals surface area contributed by atoms with Crippen LogP contribution in [0.15, 0.2) is 6.07 Å². The molecule has 0 saturated heterocycles. The lowest BCUT2D eigenvalue weighted by Gasteiger charge is -2.06. The van der Waals surface area contributed by atoms with E-state index in [0.29, 0.717) is 26.2 Å². The molecular formula is C11H20N4O2. The third-order valence-electron chi connectivity index (χ3n) is 2.32. The minimum Gasteiger partial charge on any atom is -0.383 e. The Morgan fingerprint density at radius 2 is 2.35 bits per heavy atom. The van der Waals surface area contributed by atoms with Gasteiger partial charge in [0, 0.05) is 27.2 Å². The van der Waals surface area contributed by atoms with Crippen LogP contribution in [-0.2, 0) is 23.1 Å². The Bertz CT molecular complexity index is 362. The van der Waals surface area contributed by atoms with Gasteiger partial charge in [0.1, 0.15) is 0 Å². The van der Waals surface area contributed by atoms with Crippen molar-refractivity contribution in [3.63, 3.8) is 0 Å². The number of nitrogens with zero attached hydrogens (tertiary/aromatic N) is 2. The second-order valence-electron chi connectivity index (χ2n) is 3.85. The van der Waals surface area contributed by atoms with Crippen LogP contribution >= 0.6 is 0 Å². The van der Waals surface area contributed by atoms with Gasteiger partial charge in [0.15, 0.2) is 0 Å². The highest BCUT2D eigenvalue weighted by Gasteiger charge is 2.03. The standard InChI is InChI=1S/C11H20N4O2/c1-9-6-10(15(2)14-9)7-12-8-11(16)13-4-5-17-3/h6,12H,4-5,7-8H2,1-3H3,(H,13,16). The van der Waals surface area contributed by atoms with Crippen molar-refractivity contribution in [2.24, 2.45) is 7.05 Å². The first-order valence-electron chi connectivity index (χ1n) is 5.59. The molecule has 1 amide bonds. The fourth-order valence-corrected chi connectivity index (χ4v) is 1.49. The Morgan fingerprint density at radius 1 is 1.59 bits per heavy atom. The molecule has 6 nitrogen and oxygen atoms in total. The smallest absolute Gasteiger partial charge is 0.234 e. The molecule has 0 bridgehead atoms. The fraction of sp³-hybridized carbons (Fsp3) is 0.636. The molecule has 0 aromatic carbocycles. The number of aromatic nitrogens is 2. The van der Waals surface area contributed by atoms with Gasteiger partial charge in [-0.1, -0.05) is 0 Å². The maximum absolute atomic E-state index is 11.3. The molecule has 6 heteroatoms. The van der Waals surface area contributed by atoms with Crippen LogP contribution in [0.4, 0.5) is 0 Å². The molecule has 2 N–H and O–H groups in total. The van der Waals surface area contributed by atoms with Crippen LogP contribution in [0.5, 0.6) is 0 Å². The van der Waals surface area contributed by atoms with Crippen LogP contribution in [0.3, 0.4) is 0 Å². The fourth-order valence-electron chi connectivity index (χ4n) is 1.49. The molecule has 0 atom stereocenters. The SMILES string of the molecule is COCCNC(=O)CNCc1cc(C)nn1C. The monoisotopic (exact) mass is 240 g/mol. The predicted molar refractivity (Wildman–Crippen MR) is 64.5 cm³/mol. The number of hydrogen-bond acceptors (Lipinski definition) is 4. The van der Waals surface area contributed by atoms with E-state index < -0.39 is 0 Å². The van der Waals surface area contributed by atoms with Crippen molar-refractivity contribution < 1.29 is 9.53 Å². The van der Waals surface area contributed by atoms with Crippen LogP contribution < -0.4 is 10.6 Å². The van der Waals surface area contributed by atoms with Gasteiger partial charge in [-0.25, -0.2) is 0 Å². The van der Waals surface area contributed by atoms with E-state index in [0.717, 1.165) is 11.4 Å². The third-order valence-corrected chi connectivity index (χ3v) is 2.32. The van der Waals surface area contributed by atoms with E-state index in [1.54, 1.807) is 7.11 Å². The minimum absolute atomic E-state index is 0.0269. The van der Waals surface area contributed by atoms with Gasteiger partial charge in [0.25, 0.3) is 0 Å². The zero-order valence-corrected chi connectivity index (χ0v) is 10.6. The molecule has 0 aliphatic rings. The van der Waals surface area contributed by atoms with E-state index >= 15 is 0 Å². The number of nitrogens with one attached hydrogen (secondary N) is 2. The Morgan fingerprint density at radius 3 is 2.94 bits per heavy atom. The van der Waals surface area contributed by atoms with Gasteiger partial charge in [-0.2, -0.15) is 5.10 Å². The van der Waals surface area contributed by atoms with Crippen molar-refractivity contribution in [2.45, 2.75) is 13.5 Å². The summed E-state index contributed by atoms with van der Waals surface area (Å²) >= 11 is 0. The van der Waals surface area contributed by atoms with Gasteiger partial charge in [-0.05, 0) is 13.0 Å². The molecule has 1 aromatic rings. The van der Waals surface area contributed by atoms with Crippen molar-refractivity contribution in [1.29, 1.82) is 0 Å². The summed E-state index contributed by atoms with van der Waals surface area (Å²) < 4.78 is 6.65. The van der Waals surface area contributed by atoms with Crippen molar-refractivity contribution >= 4 is 5.91 Å². The van der Waals surface area contributed by atoms with Gasteiger partial charge in [-0.15, -0.1) is 0 Å². The summed E-state index contributed by atoms with van der Waals surface area (Å²) in [7, 11) is 3.50. The summed E-state index contributed by atoms with van der Waals surface area (Å²) in [6.45, 7) is 3.96. The molecule has 0 radical (unpaired) electrons. The predicted octanol–water partition coefficient (Wildman–Crippen LogP) is -0.419. The highest BCUT2D eigenvalue weighted by molar-refractivity contribution is 5.77. The summed E-state index contributed by atoms with van der Waals surface area (Å²) in [4.78, 5) is 11.3. The summed E-state index contributed by atoms with van der Waals surface area (Å²) in [5.41, 5.74) is 2.04. The van der Waals surface area contributed by atoms with Crippen molar-refractivity contribution in [2.75, 3.05) is 26.8 Å². The zero-order valence-electron chi connectivity index (χ0n) is 10.6. The number of carbonyl (C=O) groups excluding carboxylic acids is 1. The van der Waals surface area contributed by atoms with E-state index in [9.17, 15) is 4.79 Å². The molecule has 0 fully saturated rings. The lowest BCUT2D eigenvalue weighted by molar-refractivity contribution is -0.120. The van der Waals surface area contributed by atoms with E-state index in [1.165, 1.54) is 0 Å². The van der Waals surface area contributed by atoms with E-state index in [2.05, 4.69) is 15.7 Å². The first-order chi connectivity index (χ1) is 8.13. The van der Waals surface area contributed by atoms with Gasteiger partial charge in [0.2, 0.25) is 5.91 Å². The Kier molecular flexibility index (Phi) is 5.65. The van der Waals surface area contributed by atoms with Crippen LogP contribution in [0.2, 0.25) is 0 Å². The topological polar surface area (TPSA) is 68.2 Å². The minimum atomic E-state index is -0.0269. The van der Waals surface area contributed by atoms with Gasteiger partial charge in [-0.3, -0.25) is 9.48 Å². The molecular weight excluding hydrogens is 220 g/mol. The molecule has 96 valence electrons. The average molecular weight is 240 g/mol. The van der Waals surface area contributed by atoms with Crippen LogP contribution in [-0.4, -0.2) is 42.5 Å². The number of hydrogen-bond donors (Lipinski definition) is 2. The highest BCUT2D eigenvalue weighted by atomic mass is 16.5. The molecule has 0 unspecified atom stereocenters. The molecule has 0 aliphatic carbocycles. The first kappa shape index (κ1) is 13.7. The lowest BCUT2D eigenvalue weighted by Crippen LogP contribution is -2.35. The summed E-state index contributed by atoms with van der Waals surface area (Å²) in [6.07, 6.45) is 0. The molecule has 1 aromatic heterocycles. The van der Waals surface area contributed by atoms with E-state index in [-0.39, 0.29) is 5.91 Å². The Labute approximate surface area is 101 Å². The average Bonchev–Trinajstić information content (AvgIpc) is 2.58. The Hall–Kier alpha value is -1.40. The van der Waals surface area contributed by atoms with E-state index in [1.807, 2.05) is 24.7 Å². The van der Waals surface area contributed by atoms with Crippen LogP contribution in [0, 0.1) is 6.92 Å². The molecule has 1 rings (SSSR count). The number of aryl methyl sites for hydroxylation is 2. The van der Waals surface area contributed by atoms with Gasteiger partial charge >= 0.3 is 0 Å². The highest BCUT2D eigenvalue weighted by Crippen LogP contribution is 2.00. The Balaban J connectivity index is 2.19. The number of amides is 1. The first-order valence-corrected chi connectivity index (χ1v) is 5.59. The van der Waals surface area contributed by atoms with Gasteiger partial charge < -0.3 is 15.4 Å². The van der Waals surface area contributed by atoms with E-state index in [4.69, 9.17) is 4.74 Å². The quantitative estimate of drug-likeness (QED) is 0.635. The number of carbonyl (C=O) groups is 1. The number of methoxy groups -OCH3 is 1. The summed E-state index contributed by atoms with van der Waals surface area (Å²) in [6, 6.07) is 2.00. The maximum atomic E-state index is 11.3. The molecule has 0 aliphatic heterocycles. The lowest BCUT2D eigenvalue weighted by atomic mass is 10.3. The second kappa shape index (κ2) is 7.03. The van der Waals surface area contributed by atoms with Crippen molar-refractivity contribution in [3.05, 3.63) is 17.5 Å². The second-order valence-corrected chi connectivity index (χ2v) is 3.85. The normalized spacial score (nSPS) is 10.5. The molecule has 17 heavy (non-hydrogen) atoms. The van der Waals surface area contributed by atoms with Gasteiger partial charge in [0.05, 0.1) is 24.5 Å². The zero-order chi connectivity index (χ0) is 12.7.